The first-order valence-electron chi connectivity index (χ1n) is 8.84. The van der Waals surface area contributed by atoms with Crippen LogP contribution in [0.3, 0.4) is 0 Å². The van der Waals surface area contributed by atoms with Gasteiger partial charge in [-0.2, -0.15) is 0 Å². The van der Waals surface area contributed by atoms with E-state index in [4.69, 9.17) is 0 Å². The Morgan fingerprint density at radius 2 is 1.54 bits per heavy atom. The highest BCUT2D eigenvalue weighted by atomic mass is 16.1. The highest BCUT2D eigenvalue weighted by Crippen LogP contribution is 2.28. The summed E-state index contributed by atoms with van der Waals surface area (Å²) in [5.74, 6) is -0.0929. The molecule has 0 aliphatic rings. The maximum absolute atomic E-state index is 12.6. The van der Waals surface area contributed by atoms with E-state index in [0.717, 1.165) is 27.5 Å². The van der Waals surface area contributed by atoms with E-state index in [1.165, 1.54) is 5.56 Å². The fraction of sp³-hybridized carbons (Fsp3) is 0.174. The Bertz CT molecular complexity index is 1100. The quantitative estimate of drug-likeness (QED) is 0.470. The lowest BCUT2D eigenvalue weighted by Crippen LogP contribution is -2.14. The van der Waals surface area contributed by atoms with Crippen molar-refractivity contribution in [1.82, 2.24) is 4.98 Å². The minimum absolute atomic E-state index is 0.0788. The van der Waals surface area contributed by atoms with Gasteiger partial charge in [0.05, 0.1) is 0 Å². The zero-order chi connectivity index (χ0) is 18.3. The van der Waals surface area contributed by atoms with Gasteiger partial charge in [0, 0.05) is 33.1 Å². The lowest BCUT2D eigenvalue weighted by atomic mass is 9.87. The van der Waals surface area contributed by atoms with Gasteiger partial charge in [0.2, 0.25) is 0 Å². The Hall–Kier alpha value is -3.07. The lowest BCUT2D eigenvalue weighted by molar-refractivity contribution is 0.102. The number of rotatable bonds is 2. The number of amides is 1. The number of H-pyrrole nitrogens is 1. The second kappa shape index (κ2) is 6.03. The van der Waals surface area contributed by atoms with Crippen molar-refractivity contribution in [1.29, 1.82) is 0 Å². The number of carbonyl (C=O) groups is 1. The van der Waals surface area contributed by atoms with Crippen LogP contribution >= 0.6 is 0 Å². The number of benzene rings is 3. The van der Waals surface area contributed by atoms with Crippen molar-refractivity contribution in [3.8, 4) is 0 Å². The molecule has 0 atom stereocenters. The van der Waals surface area contributed by atoms with Crippen molar-refractivity contribution in [2.75, 3.05) is 5.32 Å². The zero-order valence-electron chi connectivity index (χ0n) is 15.3. The molecule has 2 N–H and O–H groups in total. The van der Waals surface area contributed by atoms with Gasteiger partial charge in [-0.1, -0.05) is 51.1 Å². The molecular weight excluding hydrogens is 320 g/mol. The van der Waals surface area contributed by atoms with Crippen LogP contribution in [-0.4, -0.2) is 10.9 Å². The molecule has 1 amide bonds. The van der Waals surface area contributed by atoms with Gasteiger partial charge >= 0.3 is 0 Å². The van der Waals surface area contributed by atoms with Crippen molar-refractivity contribution in [3.63, 3.8) is 0 Å². The first-order valence-corrected chi connectivity index (χ1v) is 8.84. The second-order valence-electron chi connectivity index (χ2n) is 7.71. The third-order valence-corrected chi connectivity index (χ3v) is 4.78. The van der Waals surface area contributed by atoms with E-state index in [0.29, 0.717) is 5.56 Å². The molecule has 3 heteroatoms. The van der Waals surface area contributed by atoms with Crippen LogP contribution in [0.25, 0.3) is 21.8 Å². The molecule has 0 spiro atoms. The first-order chi connectivity index (χ1) is 12.4. The molecule has 4 rings (SSSR count). The number of carbonyl (C=O) groups excluding carboxylic acids is 1. The van der Waals surface area contributed by atoms with Gasteiger partial charge in [-0.25, -0.2) is 0 Å². The summed E-state index contributed by atoms with van der Waals surface area (Å²) in [6.45, 7) is 6.50. The second-order valence-corrected chi connectivity index (χ2v) is 7.71. The summed E-state index contributed by atoms with van der Waals surface area (Å²) in [6, 6.07) is 22.0. The van der Waals surface area contributed by atoms with Gasteiger partial charge in [0.25, 0.3) is 5.91 Å². The summed E-state index contributed by atoms with van der Waals surface area (Å²) in [4.78, 5) is 16.0. The third-order valence-electron chi connectivity index (χ3n) is 4.78. The Labute approximate surface area is 153 Å². The topological polar surface area (TPSA) is 44.9 Å². The Morgan fingerprint density at radius 1 is 0.846 bits per heavy atom. The average molecular weight is 342 g/mol. The van der Waals surface area contributed by atoms with Crippen molar-refractivity contribution in [3.05, 3.63) is 77.9 Å². The van der Waals surface area contributed by atoms with Gasteiger partial charge in [0.1, 0.15) is 0 Å². The van der Waals surface area contributed by atoms with Crippen molar-refractivity contribution < 1.29 is 4.79 Å². The maximum atomic E-state index is 12.6. The molecule has 1 aromatic heterocycles. The molecule has 0 aliphatic carbocycles. The number of nitrogens with one attached hydrogen (secondary N) is 2. The van der Waals surface area contributed by atoms with Crippen LogP contribution in [0.15, 0.2) is 66.7 Å². The molecule has 26 heavy (non-hydrogen) atoms. The summed E-state index contributed by atoms with van der Waals surface area (Å²) < 4.78 is 0. The number of aromatic amines is 1. The molecule has 0 radical (unpaired) electrons. The molecule has 1 heterocycles. The van der Waals surface area contributed by atoms with Gasteiger partial charge in [-0.05, 0) is 47.4 Å². The molecular formula is C23H22N2O. The van der Waals surface area contributed by atoms with E-state index in [9.17, 15) is 4.79 Å². The highest BCUT2D eigenvalue weighted by Gasteiger charge is 2.14. The SMILES string of the molecule is CC(C)(C)c1ccc(C(=O)Nc2ccc3[nH]c4ccccc4c3c2)cc1. The standard InChI is InChI=1S/C23H22N2O/c1-23(2,3)16-10-8-15(9-11-16)22(26)24-17-12-13-21-19(14-17)18-6-4-5-7-20(18)25-21/h4-14,25H,1-3H3,(H,24,26). The molecule has 3 nitrogen and oxygen atoms in total. The smallest absolute Gasteiger partial charge is 0.255 e. The number of aromatic nitrogens is 1. The summed E-state index contributed by atoms with van der Waals surface area (Å²) in [6.07, 6.45) is 0. The number of fused-ring (bicyclic) bond motifs is 3. The predicted octanol–water partition coefficient (Wildman–Crippen LogP) is 5.87. The Morgan fingerprint density at radius 3 is 2.27 bits per heavy atom. The first kappa shape index (κ1) is 16.4. The minimum atomic E-state index is -0.0929. The van der Waals surface area contributed by atoms with Gasteiger partial charge < -0.3 is 10.3 Å². The van der Waals surface area contributed by atoms with Gasteiger partial charge in [0.15, 0.2) is 0 Å². The Kier molecular flexibility index (Phi) is 3.80. The van der Waals surface area contributed by atoms with Crippen LogP contribution in [0.4, 0.5) is 5.69 Å². The van der Waals surface area contributed by atoms with Crippen molar-refractivity contribution >= 4 is 33.4 Å². The number of anilines is 1. The predicted molar refractivity (Wildman–Crippen MR) is 109 cm³/mol. The molecule has 130 valence electrons. The summed E-state index contributed by atoms with van der Waals surface area (Å²) in [5, 5.41) is 5.28. The monoisotopic (exact) mass is 342 g/mol. The normalized spacial score (nSPS) is 11.8. The largest absolute Gasteiger partial charge is 0.355 e. The molecule has 0 saturated heterocycles. The minimum Gasteiger partial charge on any atom is -0.355 e. The number of hydrogen-bond acceptors (Lipinski definition) is 1. The fourth-order valence-electron chi connectivity index (χ4n) is 3.25. The van der Waals surface area contributed by atoms with E-state index in [1.54, 1.807) is 0 Å². The van der Waals surface area contributed by atoms with Crippen LogP contribution in [0, 0.1) is 0 Å². The molecule has 0 fully saturated rings. The highest BCUT2D eigenvalue weighted by molar-refractivity contribution is 6.10. The van der Waals surface area contributed by atoms with E-state index >= 15 is 0 Å². The summed E-state index contributed by atoms with van der Waals surface area (Å²) in [5.41, 5.74) is 4.93. The number of hydrogen-bond donors (Lipinski definition) is 2. The van der Waals surface area contributed by atoms with Crippen LogP contribution < -0.4 is 5.32 Å². The van der Waals surface area contributed by atoms with Crippen molar-refractivity contribution in [2.24, 2.45) is 0 Å². The molecule has 0 unspecified atom stereocenters. The van der Waals surface area contributed by atoms with Crippen LogP contribution in [0.5, 0.6) is 0 Å². The van der Waals surface area contributed by atoms with Crippen LogP contribution in [0.1, 0.15) is 36.7 Å². The van der Waals surface area contributed by atoms with E-state index < -0.39 is 0 Å². The molecule has 0 aliphatic heterocycles. The fourth-order valence-corrected chi connectivity index (χ4v) is 3.25. The van der Waals surface area contributed by atoms with Crippen LogP contribution in [0.2, 0.25) is 0 Å². The Balaban J connectivity index is 1.62. The average Bonchev–Trinajstić information content (AvgIpc) is 2.99. The summed E-state index contributed by atoms with van der Waals surface area (Å²) >= 11 is 0. The molecule has 0 bridgehead atoms. The third kappa shape index (κ3) is 2.97. The zero-order valence-corrected chi connectivity index (χ0v) is 15.3. The summed E-state index contributed by atoms with van der Waals surface area (Å²) in [7, 11) is 0. The molecule has 3 aromatic carbocycles. The van der Waals surface area contributed by atoms with Crippen LogP contribution in [-0.2, 0) is 5.41 Å². The van der Waals surface area contributed by atoms with E-state index in [1.807, 2.05) is 54.6 Å². The van der Waals surface area contributed by atoms with Crippen molar-refractivity contribution in [2.45, 2.75) is 26.2 Å². The molecule has 0 saturated carbocycles. The van der Waals surface area contributed by atoms with Gasteiger partial charge in [-0.15, -0.1) is 0 Å². The van der Waals surface area contributed by atoms with E-state index in [-0.39, 0.29) is 11.3 Å². The maximum Gasteiger partial charge on any atom is 0.255 e. The van der Waals surface area contributed by atoms with Gasteiger partial charge in [-0.3, -0.25) is 4.79 Å². The number of para-hydroxylation sites is 1. The van der Waals surface area contributed by atoms with E-state index in [2.05, 4.69) is 43.2 Å². The lowest BCUT2D eigenvalue weighted by Gasteiger charge is -2.19. The molecule has 4 aromatic rings.